The van der Waals surface area contributed by atoms with E-state index < -0.39 is 0 Å². The number of thioether (sulfide) groups is 1. The van der Waals surface area contributed by atoms with Crippen LogP contribution in [0.25, 0.3) is 0 Å². The van der Waals surface area contributed by atoms with Crippen LogP contribution >= 0.6 is 11.8 Å². The van der Waals surface area contributed by atoms with Gasteiger partial charge in [0.15, 0.2) is 5.82 Å². The van der Waals surface area contributed by atoms with Crippen LogP contribution in [0, 0.1) is 0 Å². The van der Waals surface area contributed by atoms with Gasteiger partial charge in [-0.15, -0.1) is 4.99 Å². The number of imidazole rings is 1. The van der Waals surface area contributed by atoms with E-state index >= 15 is 0 Å². The van der Waals surface area contributed by atoms with E-state index in [1.165, 1.54) is 6.08 Å². The second-order valence-corrected chi connectivity index (χ2v) is 3.57. The van der Waals surface area contributed by atoms with Crippen LogP contribution in [0.4, 0.5) is 5.82 Å². The van der Waals surface area contributed by atoms with E-state index in [4.69, 9.17) is 0 Å². The fourth-order valence-electron chi connectivity index (χ4n) is 1.17. The van der Waals surface area contributed by atoms with Gasteiger partial charge in [0.1, 0.15) is 5.82 Å². The Labute approximate surface area is 73.7 Å². The Bertz CT molecular complexity index is 317. The van der Waals surface area contributed by atoms with E-state index in [1.807, 2.05) is 16.3 Å². The molecule has 1 aromatic rings. The average Bonchev–Trinajstić information content (AvgIpc) is 2.47. The van der Waals surface area contributed by atoms with Gasteiger partial charge in [0.05, 0.1) is 11.9 Å². The summed E-state index contributed by atoms with van der Waals surface area (Å²) in [6, 6.07) is 0. The molecule has 4 nitrogen and oxygen atoms in total. The fourth-order valence-corrected chi connectivity index (χ4v) is 2.06. The van der Waals surface area contributed by atoms with E-state index in [-0.39, 0.29) is 0 Å². The molecule has 5 heteroatoms. The lowest BCUT2D eigenvalue weighted by Crippen LogP contribution is -2.09. The van der Waals surface area contributed by atoms with Crippen molar-refractivity contribution in [3.63, 3.8) is 0 Å². The second-order valence-electron chi connectivity index (χ2n) is 2.46. The zero-order valence-corrected chi connectivity index (χ0v) is 7.17. The van der Waals surface area contributed by atoms with Gasteiger partial charge < -0.3 is 4.57 Å². The third-order valence-electron chi connectivity index (χ3n) is 1.71. The zero-order valence-electron chi connectivity index (χ0n) is 6.36. The van der Waals surface area contributed by atoms with Gasteiger partial charge in [0, 0.05) is 12.3 Å². The lowest BCUT2D eigenvalue weighted by molar-refractivity contribution is 0.565. The molecule has 0 bridgehead atoms. The Hall–Kier alpha value is -1.06. The molecular formula is C7H7N3OS. The van der Waals surface area contributed by atoms with Crippen molar-refractivity contribution in [1.29, 1.82) is 0 Å². The Morgan fingerprint density at radius 2 is 2.67 bits per heavy atom. The predicted molar refractivity (Wildman–Crippen MR) is 46.2 cm³/mol. The summed E-state index contributed by atoms with van der Waals surface area (Å²) in [4.78, 5) is 17.6. The molecule has 0 atom stereocenters. The molecule has 0 N–H and O–H groups in total. The van der Waals surface area contributed by atoms with Crippen molar-refractivity contribution in [2.75, 3.05) is 5.75 Å². The van der Waals surface area contributed by atoms with Crippen molar-refractivity contribution in [3.8, 4) is 0 Å². The molecule has 0 spiro atoms. The molecule has 62 valence electrons. The van der Waals surface area contributed by atoms with Crippen molar-refractivity contribution in [3.05, 3.63) is 12.0 Å². The zero-order chi connectivity index (χ0) is 8.39. The topological polar surface area (TPSA) is 47.2 Å². The summed E-state index contributed by atoms with van der Waals surface area (Å²) in [5.41, 5.74) is 0. The molecular weight excluding hydrogens is 174 g/mol. The number of isocyanates is 1. The first-order valence-electron chi connectivity index (χ1n) is 3.62. The number of nitrogens with zero attached hydrogens (tertiary/aromatic N) is 3. The number of aliphatic imine (C=N–C) groups is 1. The van der Waals surface area contributed by atoms with Gasteiger partial charge in [0.2, 0.25) is 6.08 Å². The molecule has 0 saturated heterocycles. The highest BCUT2D eigenvalue weighted by molar-refractivity contribution is 7.98. The Morgan fingerprint density at radius 3 is 3.42 bits per heavy atom. The number of carbonyl (C=O) groups excluding carboxylic acids is 1. The van der Waals surface area contributed by atoms with Crippen LogP contribution < -0.4 is 0 Å². The molecule has 0 saturated carbocycles. The lowest BCUT2D eigenvalue weighted by Gasteiger charge is -2.11. The molecule has 0 fully saturated rings. The number of aromatic nitrogens is 2. The standard InChI is InChI=1S/C7H7N3OS/c11-5-8-6-3-10-1-2-12-4-7(10)9-6/h3H,1-2,4H2. The first-order valence-corrected chi connectivity index (χ1v) is 4.77. The molecule has 2 heterocycles. The van der Waals surface area contributed by atoms with E-state index in [2.05, 4.69) is 9.98 Å². The van der Waals surface area contributed by atoms with Gasteiger partial charge in [-0.05, 0) is 0 Å². The summed E-state index contributed by atoms with van der Waals surface area (Å²) in [6.07, 6.45) is 3.28. The van der Waals surface area contributed by atoms with Gasteiger partial charge in [-0.2, -0.15) is 11.8 Å². The van der Waals surface area contributed by atoms with Crippen LogP contribution in [0.1, 0.15) is 5.82 Å². The van der Waals surface area contributed by atoms with Crippen molar-refractivity contribution < 1.29 is 4.79 Å². The van der Waals surface area contributed by atoms with Gasteiger partial charge in [-0.3, -0.25) is 0 Å². The van der Waals surface area contributed by atoms with Crippen LogP contribution in [-0.4, -0.2) is 21.4 Å². The first kappa shape index (κ1) is 7.58. The monoisotopic (exact) mass is 181 g/mol. The third-order valence-corrected chi connectivity index (χ3v) is 2.65. The van der Waals surface area contributed by atoms with Crippen LogP contribution in [-0.2, 0) is 17.1 Å². The summed E-state index contributed by atoms with van der Waals surface area (Å²) < 4.78 is 2.03. The Balaban J connectivity index is 2.37. The van der Waals surface area contributed by atoms with Crippen molar-refractivity contribution in [1.82, 2.24) is 9.55 Å². The minimum atomic E-state index is 0.475. The van der Waals surface area contributed by atoms with Crippen molar-refractivity contribution in [2.45, 2.75) is 12.3 Å². The summed E-state index contributed by atoms with van der Waals surface area (Å²) in [6.45, 7) is 0.960. The molecule has 1 aliphatic rings. The minimum Gasteiger partial charge on any atom is -0.331 e. The minimum absolute atomic E-state index is 0.475. The molecule has 0 radical (unpaired) electrons. The van der Waals surface area contributed by atoms with E-state index in [0.717, 1.165) is 23.9 Å². The summed E-state index contributed by atoms with van der Waals surface area (Å²) in [5, 5.41) is 0. The average molecular weight is 181 g/mol. The molecule has 0 unspecified atom stereocenters. The molecule has 0 aliphatic carbocycles. The maximum Gasteiger partial charge on any atom is 0.242 e. The number of aryl methyl sites for hydroxylation is 1. The normalized spacial score (nSPS) is 15.0. The lowest BCUT2D eigenvalue weighted by atomic mass is 10.6. The Kier molecular flexibility index (Phi) is 1.98. The fraction of sp³-hybridized carbons (Fsp3) is 0.429. The van der Waals surface area contributed by atoms with Gasteiger partial charge >= 0.3 is 0 Å². The summed E-state index contributed by atoms with van der Waals surface area (Å²) in [5.74, 6) is 3.49. The van der Waals surface area contributed by atoms with Crippen LogP contribution in [0.5, 0.6) is 0 Å². The number of rotatable bonds is 1. The smallest absolute Gasteiger partial charge is 0.242 e. The van der Waals surface area contributed by atoms with Crippen LogP contribution in [0.15, 0.2) is 11.2 Å². The van der Waals surface area contributed by atoms with E-state index in [9.17, 15) is 4.79 Å². The molecule has 12 heavy (non-hydrogen) atoms. The molecule has 0 amide bonds. The first-order chi connectivity index (χ1) is 5.90. The predicted octanol–water partition coefficient (Wildman–Crippen LogP) is 1.10. The Morgan fingerprint density at radius 1 is 1.75 bits per heavy atom. The maximum atomic E-state index is 9.94. The van der Waals surface area contributed by atoms with Crippen LogP contribution in [0.3, 0.4) is 0 Å². The van der Waals surface area contributed by atoms with Gasteiger partial charge in [-0.1, -0.05) is 0 Å². The van der Waals surface area contributed by atoms with Crippen molar-refractivity contribution in [2.24, 2.45) is 4.99 Å². The number of fused-ring (bicyclic) bond motifs is 1. The highest BCUT2D eigenvalue weighted by atomic mass is 32.2. The third kappa shape index (κ3) is 1.29. The van der Waals surface area contributed by atoms with Crippen LogP contribution in [0.2, 0.25) is 0 Å². The van der Waals surface area contributed by atoms with E-state index in [1.54, 1.807) is 6.20 Å². The van der Waals surface area contributed by atoms with Gasteiger partial charge in [-0.25, -0.2) is 9.78 Å². The maximum absolute atomic E-state index is 9.94. The number of hydrogen-bond donors (Lipinski definition) is 0. The molecule has 1 aromatic heterocycles. The van der Waals surface area contributed by atoms with Gasteiger partial charge in [0.25, 0.3) is 0 Å². The second kappa shape index (κ2) is 3.13. The highest BCUT2D eigenvalue weighted by Gasteiger charge is 2.11. The molecule has 2 rings (SSSR count). The van der Waals surface area contributed by atoms with Crippen molar-refractivity contribution >= 4 is 23.7 Å². The SMILES string of the molecule is O=C=Nc1cn2c(n1)CSCC2. The quantitative estimate of drug-likeness (QED) is 0.481. The largest absolute Gasteiger partial charge is 0.331 e. The highest BCUT2D eigenvalue weighted by Crippen LogP contribution is 2.21. The molecule has 1 aliphatic heterocycles. The summed E-state index contributed by atoms with van der Waals surface area (Å²) in [7, 11) is 0. The summed E-state index contributed by atoms with van der Waals surface area (Å²) >= 11 is 1.85. The van der Waals surface area contributed by atoms with E-state index in [0.29, 0.717) is 5.82 Å². The molecule has 0 aromatic carbocycles. The number of hydrogen-bond acceptors (Lipinski definition) is 4.